The predicted molar refractivity (Wildman–Crippen MR) is 73.3 cm³/mol. The maximum absolute atomic E-state index is 13.7. The molecule has 0 heterocycles. The van der Waals surface area contributed by atoms with E-state index in [9.17, 15) is 22.4 Å². The highest BCUT2D eigenvalue weighted by Gasteiger charge is 2.23. The van der Waals surface area contributed by atoms with E-state index in [0.29, 0.717) is 19.0 Å². The van der Waals surface area contributed by atoms with Crippen LogP contribution in [0.25, 0.3) is 0 Å². The predicted octanol–water partition coefficient (Wildman–Crippen LogP) is 1.21. The molecule has 0 unspecified atom stereocenters. The second-order valence-electron chi connectivity index (χ2n) is 4.41. The van der Waals surface area contributed by atoms with Gasteiger partial charge in [-0.1, -0.05) is 13.3 Å². The first-order chi connectivity index (χ1) is 9.77. The highest BCUT2D eigenvalue weighted by Crippen LogP contribution is 2.17. The molecular formula is C13H16FNO5S. The molecule has 1 aromatic carbocycles. The first kappa shape index (κ1) is 17.1. The molecule has 0 aliphatic rings. The zero-order valence-corrected chi connectivity index (χ0v) is 12.2. The lowest BCUT2D eigenvalue weighted by atomic mass is 10.2. The Bertz CT molecular complexity index is 642. The van der Waals surface area contributed by atoms with Gasteiger partial charge in [-0.05, 0) is 24.6 Å². The molecular weight excluding hydrogens is 301 g/mol. The van der Waals surface area contributed by atoms with Crippen LogP contribution in [0.2, 0.25) is 0 Å². The van der Waals surface area contributed by atoms with E-state index in [1.807, 2.05) is 6.92 Å². The Morgan fingerprint density at radius 1 is 1.33 bits per heavy atom. The number of hydrogen-bond donors (Lipinski definition) is 2. The summed E-state index contributed by atoms with van der Waals surface area (Å²) in [5.41, 5.74) is -0.362. The van der Waals surface area contributed by atoms with E-state index in [0.717, 1.165) is 18.6 Å². The summed E-state index contributed by atoms with van der Waals surface area (Å²) in [7, 11) is -4.15. The van der Waals surface area contributed by atoms with E-state index in [-0.39, 0.29) is 5.56 Å². The molecule has 0 aromatic heterocycles. The van der Waals surface area contributed by atoms with Crippen molar-refractivity contribution in [2.45, 2.75) is 24.7 Å². The van der Waals surface area contributed by atoms with Crippen LogP contribution in [-0.2, 0) is 14.6 Å². The lowest BCUT2D eigenvalue weighted by molar-refractivity contribution is -0.118. The summed E-state index contributed by atoms with van der Waals surface area (Å²) in [4.78, 5) is 21.5. The first-order valence-corrected chi connectivity index (χ1v) is 7.95. The molecule has 0 radical (unpaired) electrons. The van der Waals surface area contributed by atoms with Crippen molar-refractivity contribution in [1.29, 1.82) is 0 Å². The molecule has 0 atom stereocenters. The molecule has 0 fully saturated rings. The van der Waals surface area contributed by atoms with Crippen molar-refractivity contribution in [2.75, 3.05) is 12.3 Å². The third-order valence-electron chi connectivity index (χ3n) is 2.69. The van der Waals surface area contributed by atoms with Crippen molar-refractivity contribution in [3.8, 4) is 0 Å². The van der Waals surface area contributed by atoms with Gasteiger partial charge in [0.25, 0.3) is 0 Å². The summed E-state index contributed by atoms with van der Waals surface area (Å²) in [6.07, 6.45) is 1.56. The van der Waals surface area contributed by atoms with Gasteiger partial charge in [0, 0.05) is 6.54 Å². The van der Waals surface area contributed by atoms with Crippen LogP contribution in [-0.4, -0.2) is 37.7 Å². The average molecular weight is 317 g/mol. The van der Waals surface area contributed by atoms with Crippen molar-refractivity contribution in [3.63, 3.8) is 0 Å². The van der Waals surface area contributed by atoms with Gasteiger partial charge in [0.15, 0.2) is 9.84 Å². The number of sulfone groups is 1. The third kappa shape index (κ3) is 4.82. The first-order valence-electron chi connectivity index (χ1n) is 6.30. The molecule has 1 amide bonds. The van der Waals surface area contributed by atoms with Gasteiger partial charge in [0.2, 0.25) is 5.91 Å². The maximum Gasteiger partial charge on any atom is 0.335 e. The zero-order valence-electron chi connectivity index (χ0n) is 11.4. The van der Waals surface area contributed by atoms with E-state index < -0.39 is 38.2 Å². The van der Waals surface area contributed by atoms with Gasteiger partial charge in [0.1, 0.15) is 16.5 Å². The Hall–Kier alpha value is -1.96. The zero-order chi connectivity index (χ0) is 16.0. The molecule has 0 spiro atoms. The quantitative estimate of drug-likeness (QED) is 0.736. The lowest BCUT2D eigenvalue weighted by Crippen LogP contribution is -2.31. The van der Waals surface area contributed by atoms with E-state index in [4.69, 9.17) is 5.11 Å². The Morgan fingerprint density at radius 2 is 2.00 bits per heavy atom. The van der Waals surface area contributed by atoms with Crippen molar-refractivity contribution in [1.82, 2.24) is 5.32 Å². The summed E-state index contributed by atoms with van der Waals surface area (Å²) in [6, 6.07) is 2.45. The van der Waals surface area contributed by atoms with Gasteiger partial charge in [-0.2, -0.15) is 0 Å². The molecule has 2 N–H and O–H groups in total. The number of carboxylic acid groups (broad SMARTS) is 1. The minimum Gasteiger partial charge on any atom is -0.478 e. The summed E-state index contributed by atoms with van der Waals surface area (Å²) < 4.78 is 37.5. The van der Waals surface area contributed by atoms with Gasteiger partial charge >= 0.3 is 5.97 Å². The van der Waals surface area contributed by atoms with Gasteiger partial charge in [-0.25, -0.2) is 17.6 Å². The normalized spacial score (nSPS) is 11.1. The highest BCUT2D eigenvalue weighted by atomic mass is 32.2. The highest BCUT2D eigenvalue weighted by molar-refractivity contribution is 7.92. The standard InChI is InChI=1S/C13H16FNO5S/c1-2-3-6-15-12(16)8-21(19,20)11-5-4-9(13(17)18)7-10(11)14/h4-5,7H,2-3,6,8H2,1H3,(H,15,16)(H,17,18). The largest absolute Gasteiger partial charge is 0.478 e. The van der Waals surface area contributed by atoms with Gasteiger partial charge in [-0.3, -0.25) is 4.79 Å². The molecule has 8 heteroatoms. The SMILES string of the molecule is CCCCNC(=O)CS(=O)(=O)c1ccc(C(=O)O)cc1F. The number of nitrogens with one attached hydrogen (secondary N) is 1. The van der Waals surface area contributed by atoms with Crippen molar-refractivity contribution >= 4 is 21.7 Å². The minimum absolute atomic E-state index is 0.352. The molecule has 0 aliphatic carbocycles. The van der Waals surface area contributed by atoms with Crippen LogP contribution in [0.15, 0.2) is 23.1 Å². The van der Waals surface area contributed by atoms with E-state index in [1.165, 1.54) is 0 Å². The van der Waals surface area contributed by atoms with E-state index >= 15 is 0 Å². The second-order valence-corrected chi connectivity index (χ2v) is 6.37. The smallest absolute Gasteiger partial charge is 0.335 e. The number of hydrogen-bond acceptors (Lipinski definition) is 4. The number of aromatic carboxylic acids is 1. The summed E-state index contributed by atoms with van der Waals surface area (Å²) in [5.74, 6) is -4.14. The van der Waals surface area contributed by atoms with Crippen molar-refractivity contribution < 1.29 is 27.5 Å². The number of carbonyl (C=O) groups is 2. The number of halogens is 1. The maximum atomic E-state index is 13.7. The number of amides is 1. The van der Waals surface area contributed by atoms with Crippen molar-refractivity contribution in [3.05, 3.63) is 29.6 Å². The molecule has 0 saturated carbocycles. The average Bonchev–Trinajstić information content (AvgIpc) is 2.37. The number of rotatable bonds is 7. The number of benzene rings is 1. The van der Waals surface area contributed by atoms with Crippen LogP contribution in [0.1, 0.15) is 30.1 Å². The Morgan fingerprint density at radius 3 is 2.52 bits per heavy atom. The Labute approximate surface area is 121 Å². The van der Waals surface area contributed by atoms with Crippen LogP contribution >= 0.6 is 0 Å². The molecule has 1 rings (SSSR count). The van der Waals surface area contributed by atoms with E-state index in [1.54, 1.807) is 0 Å². The van der Waals surface area contributed by atoms with Gasteiger partial charge in [0.05, 0.1) is 5.56 Å². The summed E-state index contributed by atoms with van der Waals surface area (Å²) in [6.45, 7) is 2.27. The third-order valence-corrected chi connectivity index (χ3v) is 4.33. The fourth-order valence-corrected chi connectivity index (χ4v) is 2.83. The monoisotopic (exact) mass is 317 g/mol. The van der Waals surface area contributed by atoms with Crippen LogP contribution in [0.4, 0.5) is 4.39 Å². The molecule has 21 heavy (non-hydrogen) atoms. The van der Waals surface area contributed by atoms with Crippen LogP contribution in [0, 0.1) is 5.82 Å². The number of carboxylic acids is 1. The molecule has 116 valence electrons. The fourth-order valence-electron chi connectivity index (χ4n) is 1.59. The Balaban J connectivity index is 2.88. The van der Waals surface area contributed by atoms with E-state index in [2.05, 4.69) is 5.32 Å². The molecule has 6 nitrogen and oxygen atoms in total. The lowest BCUT2D eigenvalue weighted by Gasteiger charge is -2.07. The minimum atomic E-state index is -4.15. The molecule has 0 saturated heterocycles. The Kier molecular flexibility index (Phi) is 5.83. The summed E-state index contributed by atoms with van der Waals surface area (Å²) >= 11 is 0. The van der Waals surface area contributed by atoms with Crippen molar-refractivity contribution in [2.24, 2.45) is 0 Å². The van der Waals surface area contributed by atoms with Crippen LogP contribution in [0.3, 0.4) is 0 Å². The number of unbranched alkanes of at least 4 members (excludes halogenated alkanes) is 1. The van der Waals surface area contributed by atoms with Gasteiger partial charge < -0.3 is 10.4 Å². The second kappa shape index (κ2) is 7.16. The van der Waals surface area contributed by atoms with Crippen LogP contribution in [0.5, 0.6) is 0 Å². The molecule has 0 aliphatic heterocycles. The van der Waals surface area contributed by atoms with Crippen LogP contribution < -0.4 is 5.32 Å². The van der Waals surface area contributed by atoms with Gasteiger partial charge in [-0.15, -0.1) is 0 Å². The fraction of sp³-hybridized carbons (Fsp3) is 0.385. The molecule has 1 aromatic rings. The topological polar surface area (TPSA) is 101 Å². The molecule has 0 bridgehead atoms. The summed E-state index contributed by atoms with van der Waals surface area (Å²) in [5, 5.41) is 11.1. The number of carbonyl (C=O) groups excluding carboxylic acids is 1.